The number of benzene rings is 2. The van der Waals surface area contributed by atoms with Gasteiger partial charge >= 0.3 is 0 Å². The summed E-state index contributed by atoms with van der Waals surface area (Å²) < 4.78 is 21.6. The molecule has 1 aromatic heterocycles. The number of nitrogens with zero attached hydrogens (tertiary/aromatic N) is 2. The third-order valence-corrected chi connectivity index (χ3v) is 5.31. The lowest BCUT2D eigenvalue weighted by molar-refractivity contribution is 0.0997. The first kappa shape index (κ1) is 17.7. The van der Waals surface area contributed by atoms with E-state index in [2.05, 4.69) is 4.99 Å². The van der Waals surface area contributed by atoms with Crippen LogP contribution in [-0.2, 0) is 6.54 Å². The van der Waals surface area contributed by atoms with Crippen molar-refractivity contribution < 1.29 is 13.9 Å². The molecule has 0 aliphatic carbocycles. The van der Waals surface area contributed by atoms with Crippen LogP contribution in [0.3, 0.4) is 0 Å². The first-order valence-corrected chi connectivity index (χ1v) is 9.84. The molecule has 2 aromatic carbocycles. The van der Waals surface area contributed by atoms with Gasteiger partial charge in [0.2, 0.25) is 0 Å². The number of methoxy groups -OCH3 is 1. The molecule has 130 valence electrons. The number of aryl methyl sites for hydroxylation is 1. The van der Waals surface area contributed by atoms with Gasteiger partial charge in [0.05, 0.1) is 17.3 Å². The number of halogens is 1. The van der Waals surface area contributed by atoms with Crippen LogP contribution < -0.4 is 9.54 Å². The molecule has 0 atom stereocenters. The van der Waals surface area contributed by atoms with Gasteiger partial charge in [0, 0.05) is 17.9 Å². The van der Waals surface area contributed by atoms with Crippen LogP contribution in [0.2, 0.25) is 0 Å². The first-order chi connectivity index (χ1) is 12.1. The van der Waals surface area contributed by atoms with E-state index in [0.717, 1.165) is 28.3 Å². The molecule has 0 spiro atoms. The Morgan fingerprint density at radius 3 is 2.88 bits per heavy atom. The quantitative estimate of drug-likeness (QED) is 0.677. The summed E-state index contributed by atoms with van der Waals surface area (Å²) in [4.78, 5) is 17.3. The summed E-state index contributed by atoms with van der Waals surface area (Å²) in [7, 11) is 1.62. The van der Waals surface area contributed by atoms with Crippen LogP contribution in [0.5, 0.6) is 5.75 Å². The lowest BCUT2D eigenvalue weighted by Gasteiger charge is -2.04. The Labute approximate surface area is 153 Å². The number of amides is 1. The number of carbonyl (C=O) groups is 1. The molecule has 0 fully saturated rings. The second-order valence-corrected chi connectivity index (χ2v) is 7.28. The van der Waals surface area contributed by atoms with E-state index in [0.29, 0.717) is 4.80 Å². The van der Waals surface area contributed by atoms with Crippen LogP contribution in [0.4, 0.5) is 4.39 Å². The zero-order valence-corrected chi connectivity index (χ0v) is 15.5. The molecule has 0 N–H and O–H groups in total. The fraction of sp³-hybridized carbons (Fsp3) is 0.222. The van der Waals surface area contributed by atoms with Crippen LogP contribution in [0, 0.1) is 5.82 Å². The Bertz CT molecular complexity index is 979. The Kier molecular flexibility index (Phi) is 5.55. The molecule has 1 heterocycles. The number of carbonyl (C=O) groups excluding carboxylic acids is 1. The summed E-state index contributed by atoms with van der Waals surface area (Å²) in [5, 5.41) is 0. The number of fused-ring (bicyclic) bond motifs is 1. The van der Waals surface area contributed by atoms with Gasteiger partial charge < -0.3 is 9.30 Å². The topological polar surface area (TPSA) is 43.6 Å². The van der Waals surface area contributed by atoms with Gasteiger partial charge in [0.1, 0.15) is 11.6 Å². The second-order valence-electron chi connectivity index (χ2n) is 5.29. The molecule has 3 aromatic rings. The predicted molar refractivity (Wildman–Crippen MR) is 101 cm³/mol. The summed E-state index contributed by atoms with van der Waals surface area (Å²) in [5.41, 5.74) is 1.25. The number of hydrogen-bond donors (Lipinski definition) is 0. The second kappa shape index (κ2) is 7.84. The monoisotopic (exact) mass is 376 g/mol. The Balaban J connectivity index is 2.11. The van der Waals surface area contributed by atoms with Gasteiger partial charge in [-0.05, 0) is 42.7 Å². The summed E-state index contributed by atoms with van der Waals surface area (Å²) in [6.45, 7) is 0.739. The van der Waals surface area contributed by atoms with Crippen LogP contribution in [0.15, 0.2) is 47.5 Å². The zero-order valence-electron chi connectivity index (χ0n) is 13.9. The van der Waals surface area contributed by atoms with Gasteiger partial charge in [-0.25, -0.2) is 4.39 Å². The van der Waals surface area contributed by atoms with Crippen molar-refractivity contribution in [3.63, 3.8) is 0 Å². The van der Waals surface area contributed by atoms with E-state index < -0.39 is 11.7 Å². The molecule has 7 heteroatoms. The van der Waals surface area contributed by atoms with Gasteiger partial charge in [-0.15, -0.1) is 0 Å². The summed E-state index contributed by atoms with van der Waals surface area (Å²) in [6, 6.07) is 11.4. The smallest absolute Gasteiger partial charge is 0.279 e. The normalized spacial score (nSPS) is 11.9. The van der Waals surface area contributed by atoms with Gasteiger partial charge in [0.15, 0.2) is 4.80 Å². The van der Waals surface area contributed by atoms with E-state index >= 15 is 0 Å². The number of thiazole rings is 1. The maximum Gasteiger partial charge on any atom is 0.279 e. The standard InChI is InChI=1S/C18H17FN2O2S2/c1-23-14-6-7-15-16(11-14)25-18(21(15)8-9-24-2)20-17(22)12-4-3-5-13(19)10-12/h3-7,10-11H,8-9H2,1-2H3. The Morgan fingerprint density at radius 1 is 1.32 bits per heavy atom. The van der Waals surface area contributed by atoms with Crippen molar-refractivity contribution in [2.45, 2.75) is 6.54 Å². The van der Waals surface area contributed by atoms with Crippen molar-refractivity contribution in [2.24, 2.45) is 4.99 Å². The van der Waals surface area contributed by atoms with Crippen LogP contribution in [0.1, 0.15) is 10.4 Å². The molecule has 25 heavy (non-hydrogen) atoms. The van der Waals surface area contributed by atoms with Gasteiger partial charge in [-0.2, -0.15) is 16.8 Å². The molecule has 0 bridgehead atoms. The molecule has 0 aliphatic heterocycles. The molecular weight excluding hydrogens is 359 g/mol. The average Bonchev–Trinajstić information content (AvgIpc) is 2.95. The minimum Gasteiger partial charge on any atom is -0.497 e. The SMILES string of the molecule is COc1ccc2c(c1)sc(=NC(=O)c1cccc(F)c1)n2CCSC. The molecule has 1 amide bonds. The van der Waals surface area contributed by atoms with E-state index in [1.165, 1.54) is 29.5 Å². The molecule has 3 rings (SSSR count). The van der Waals surface area contributed by atoms with Gasteiger partial charge in [-0.3, -0.25) is 4.79 Å². The highest BCUT2D eigenvalue weighted by molar-refractivity contribution is 7.98. The Morgan fingerprint density at radius 2 is 2.16 bits per heavy atom. The van der Waals surface area contributed by atoms with Crippen molar-refractivity contribution >= 4 is 39.2 Å². The summed E-state index contributed by atoms with van der Waals surface area (Å²) >= 11 is 3.15. The molecule has 4 nitrogen and oxygen atoms in total. The van der Waals surface area contributed by atoms with E-state index in [4.69, 9.17) is 4.74 Å². The number of ether oxygens (including phenoxy) is 1. The van der Waals surface area contributed by atoms with Crippen molar-refractivity contribution in [3.05, 3.63) is 58.6 Å². The zero-order chi connectivity index (χ0) is 17.8. The van der Waals surface area contributed by atoms with Gasteiger partial charge in [-0.1, -0.05) is 17.4 Å². The molecular formula is C18H17FN2O2S2. The van der Waals surface area contributed by atoms with Crippen LogP contribution >= 0.6 is 23.1 Å². The molecule has 0 saturated carbocycles. The third kappa shape index (κ3) is 3.93. The van der Waals surface area contributed by atoms with E-state index in [-0.39, 0.29) is 5.56 Å². The van der Waals surface area contributed by atoms with Crippen molar-refractivity contribution in [1.29, 1.82) is 0 Å². The minimum absolute atomic E-state index is 0.242. The van der Waals surface area contributed by atoms with E-state index in [1.54, 1.807) is 24.9 Å². The number of hydrogen-bond acceptors (Lipinski definition) is 4. The molecule has 0 unspecified atom stereocenters. The summed E-state index contributed by atoms with van der Waals surface area (Å²) in [6.07, 6.45) is 2.03. The number of thioether (sulfide) groups is 1. The predicted octanol–water partition coefficient (Wildman–Crippen LogP) is 3.95. The Hall–Kier alpha value is -2.12. The molecule has 0 radical (unpaired) electrons. The minimum atomic E-state index is -0.448. The lowest BCUT2D eigenvalue weighted by atomic mass is 10.2. The third-order valence-electron chi connectivity index (χ3n) is 3.68. The van der Waals surface area contributed by atoms with Crippen LogP contribution in [-0.4, -0.2) is 29.6 Å². The molecule has 0 aliphatic rings. The van der Waals surface area contributed by atoms with E-state index in [1.807, 2.05) is 29.0 Å². The maximum atomic E-state index is 13.3. The molecule has 0 saturated heterocycles. The fourth-order valence-electron chi connectivity index (χ4n) is 2.44. The number of rotatable bonds is 5. The fourth-order valence-corrected chi connectivity index (χ4v) is 3.89. The highest BCUT2D eigenvalue weighted by atomic mass is 32.2. The highest BCUT2D eigenvalue weighted by Gasteiger charge is 2.10. The largest absolute Gasteiger partial charge is 0.497 e. The van der Waals surface area contributed by atoms with E-state index in [9.17, 15) is 9.18 Å². The van der Waals surface area contributed by atoms with Crippen LogP contribution in [0.25, 0.3) is 10.2 Å². The number of aromatic nitrogens is 1. The lowest BCUT2D eigenvalue weighted by Crippen LogP contribution is -2.18. The first-order valence-electron chi connectivity index (χ1n) is 7.63. The van der Waals surface area contributed by atoms with Gasteiger partial charge in [0.25, 0.3) is 5.91 Å². The maximum absolute atomic E-state index is 13.3. The van der Waals surface area contributed by atoms with Crippen molar-refractivity contribution in [3.8, 4) is 5.75 Å². The van der Waals surface area contributed by atoms with Crippen molar-refractivity contribution in [1.82, 2.24) is 4.57 Å². The average molecular weight is 376 g/mol. The summed E-state index contributed by atoms with van der Waals surface area (Å²) in [5.74, 6) is 0.765. The highest BCUT2D eigenvalue weighted by Crippen LogP contribution is 2.23. The van der Waals surface area contributed by atoms with Crippen molar-refractivity contribution in [2.75, 3.05) is 19.1 Å².